The summed E-state index contributed by atoms with van der Waals surface area (Å²) in [4.78, 5) is 12.8. The van der Waals surface area contributed by atoms with Gasteiger partial charge in [-0.05, 0) is 38.5 Å². The van der Waals surface area contributed by atoms with Crippen molar-refractivity contribution in [1.82, 2.24) is 29.7 Å². The summed E-state index contributed by atoms with van der Waals surface area (Å²) >= 11 is 5.95. The van der Waals surface area contributed by atoms with E-state index in [1.807, 2.05) is 6.07 Å². The van der Waals surface area contributed by atoms with Crippen LogP contribution in [0.25, 0.3) is 11.5 Å². The first kappa shape index (κ1) is 29.2. The van der Waals surface area contributed by atoms with Crippen molar-refractivity contribution in [2.45, 2.75) is 44.3 Å². The van der Waals surface area contributed by atoms with E-state index in [-0.39, 0.29) is 30.3 Å². The van der Waals surface area contributed by atoms with E-state index in [1.165, 1.54) is 32.6 Å². The number of sulfonamides is 1. The molecule has 1 aliphatic rings. The average Bonchev–Trinajstić information content (AvgIpc) is 3.29. The van der Waals surface area contributed by atoms with E-state index in [1.54, 1.807) is 42.7 Å². The molecule has 0 aliphatic carbocycles. The Bertz CT molecular complexity index is 1740. The smallest absolute Gasteiger partial charge is 0.240 e. The Morgan fingerprint density at radius 2 is 1.93 bits per heavy atom. The highest BCUT2D eigenvalue weighted by molar-refractivity contribution is 7.93. The zero-order valence-electron chi connectivity index (χ0n) is 23.1. The van der Waals surface area contributed by atoms with Gasteiger partial charge >= 0.3 is 0 Å². The first-order valence-electron chi connectivity index (χ1n) is 12.9. The number of aromatic nitrogens is 6. The molecule has 1 aromatic carbocycles. The van der Waals surface area contributed by atoms with Gasteiger partial charge in [-0.2, -0.15) is 5.26 Å². The zero-order valence-corrected chi connectivity index (χ0v) is 24.7. The molecule has 0 unspecified atom stereocenters. The Morgan fingerprint density at radius 3 is 2.62 bits per heavy atom. The van der Waals surface area contributed by atoms with Crippen LogP contribution in [0.4, 0.5) is 5.95 Å². The fourth-order valence-corrected chi connectivity index (χ4v) is 5.72. The number of halogens is 1. The standard InChI is InChI=1S/C27H27ClN8O5S/c1-15(2)41-23(25-31-12-19(28)13-32-25)16(3)42(37,38)35-27-34-33-26-22-24(21(39-4)8-9-30-22)40-14-20(36(26)27)18-7-5-6-17(10-18)11-29/h5-10,12-13,15-16,20,23H,14H2,1-4H3,(H,34,35)/t16-,20-,23+/m0/s1. The van der Waals surface area contributed by atoms with Gasteiger partial charge in [0.2, 0.25) is 16.0 Å². The maximum absolute atomic E-state index is 13.9. The Balaban J connectivity index is 1.60. The summed E-state index contributed by atoms with van der Waals surface area (Å²) in [6, 6.07) is 10.1. The first-order chi connectivity index (χ1) is 20.1. The van der Waals surface area contributed by atoms with E-state index in [4.69, 9.17) is 25.8 Å². The Kier molecular flexibility index (Phi) is 8.26. The molecule has 4 heterocycles. The molecule has 0 saturated heterocycles. The van der Waals surface area contributed by atoms with Crippen LogP contribution in [-0.4, -0.2) is 63.2 Å². The lowest BCUT2D eigenvalue weighted by atomic mass is 10.0. The van der Waals surface area contributed by atoms with Crippen LogP contribution in [0.3, 0.4) is 0 Å². The van der Waals surface area contributed by atoms with Gasteiger partial charge in [0.25, 0.3) is 0 Å². The molecule has 5 rings (SSSR count). The van der Waals surface area contributed by atoms with Gasteiger partial charge in [0.1, 0.15) is 18.0 Å². The van der Waals surface area contributed by atoms with Gasteiger partial charge in [0, 0.05) is 24.7 Å². The van der Waals surface area contributed by atoms with Gasteiger partial charge < -0.3 is 14.2 Å². The average molecular weight is 611 g/mol. The molecule has 0 bridgehead atoms. The number of fused-ring (bicyclic) bond motifs is 3. The summed E-state index contributed by atoms with van der Waals surface area (Å²) in [6.45, 7) is 5.10. The second-order valence-electron chi connectivity index (χ2n) is 9.69. The lowest BCUT2D eigenvalue weighted by Gasteiger charge is -2.26. The molecule has 0 saturated carbocycles. The number of nitrogens with one attached hydrogen (secondary N) is 1. The van der Waals surface area contributed by atoms with E-state index in [9.17, 15) is 13.7 Å². The molecule has 0 fully saturated rings. The van der Waals surface area contributed by atoms with Crippen LogP contribution in [0.15, 0.2) is 48.9 Å². The summed E-state index contributed by atoms with van der Waals surface area (Å²) in [6.07, 6.45) is 2.93. The molecule has 218 valence electrons. The molecule has 0 spiro atoms. The Morgan fingerprint density at radius 1 is 1.17 bits per heavy atom. The van der Waals surface area contributed by atoms with Gasteiger partial charge in [-0.15, -0.1) is 10.2 Å². The number of benzene rings is 1. The molecule has 13 nitrogen and oxygen atoms in total. The maximum atomic E-state index is 13.9. The normalized spacial score (nSPS) is 15.9. The SMILES string of the molecule is COc1ccnc2c1OC[C@@H](c1cccc(C#N)c1)n1c(NS(=O)(=O)[C@@H](C)[C@@H](OC(C)C)c3ncc(Cl)cn3)nnc1-2. The number of rotatable bonds is 9. The van der Waals surface area contributed by atoms with Crippen LogP contribution in [0.1, 0.15) is 49.9 Å². The molecule has 1 aliphatic heterocycles. The topological polar surface area (TPSA) is 167 Å². The number of anilines is 1. The second-order valence-corrected chi connectivity index (χ2v) is 12.2. The third-order valence-electron chi connectivity index (χ3n) is 6.56. The summed E-state index contributed by atoms with van der Waals surface area (Å²) in [5.74, 6) is 1.09. The van der Waals surface area contributed by atoms with E-state index in [0.29, 0.717) is 33.3 Å². The van der Waals surface area contributed by atoms with Crippen molar-refractivity contribution < 1.29 is 22.6 Å². The van der Waals surface area contributed by atoms with E-state index >= 15 is 0 Å². The molecule has 0 radical (unpaired) electrons. The molecule has 3 atom stereocenters. The summed E-state index contributed by atoms with van der Waals surface area (Å²) in [5, 5.41) is 17.2. The van der Waals surface area contributed by atoms with Gasteiger partial charge in [-0.25, -0.2) is 23.4 Å². The number of methoxy groups -OCH3 is 1. The van der Waals surface area contributed by atoms with Crippen LogP contribution in [0.5, 0.6) is 11.5 Å². The Labute approximate surface area is 247 Å². The molecular weight excluding hydrogens is 584 g/mol. The lowest BCUT2D eigenvalue weighted by molar-refractivity contribution is 0.00154. The quantitative estimate of drug-likeness (QED) is 0.291. The van der Waals surface area contributed by atoms with Crippen LogP contribution in [0, 0.1) is 11.3 Å². The first-order valence-corrected chi connectivity index (χ1v) is 14.8. The molecular formula is C27H27ClN8O5S. The summed E-state index contributed by atoms with van der Waals surface area (Å²) in [5.41, 5.74) is 1.41. The van der Waals surface area contributed by atoms with Crippen molar-refractivity contribution >= 4 is 27.6 Å². The molecule has 42 heavy (non-hydrogen) atoms. The number of nitriles is 1. The molecule has 4 aromatic rings. The minimum atomic E-state index is -4.19. The fourth-order valence-electron chi connectivity index (χ4n) is 4.53. The predicted octanol–water partition coefficient (Wildman–Crippen LogP) is 3.94. The van der Waals surface area contributed by atoms with Crippen LogP contribution in [0.2, 0.25) is 5.02 Å². The molecule has 0 amide bonds. The summed E-state index contributed by atoms with van der Waals surface area (Å²) in [7, 11) is -2.69. The lowest BCUT2D eigenvalue weighted by Crippen LogP contribution is -2.35. The van der Waals surface area contributed by atoms with Crippen LogP contribution in [-0.2, 0) is 14.8 Å². The minimum absolute atomic E-state index is 0.0386. The van der Waals surface area contributed by atoms with Crippen molar-refractivity contribution in [2.75, 3.05) is 18.4 Å². The predicted molar refractivity (Wildman–Crippen MR) is 153 cm³/mol. The van der Waals surface area contributed by atoms with Crippen molar-refractivity contribution in [3.8, 4) is 29.1 Å². The number of hydrogen-bond acceptors (Lipinski definition) is 11. The minimum Gasteiger partial charge on any atom is -0.493 e. The summed E-state index contributed by atoms with van der Waals surface area (Å²) < 4.78 is 49.5. The van der Waals surface area contributed by atoms with Crippen molar-refractivity contribution in [3.63, 3.8) is 0 Å². The van der Waals surface area contributed by atoms with Gasteiger partial charge in [-0.1, -0.05) is 23.7 Å². The van der Waals surface area contributed by atoms with Crippen molar-refractivity contribution in [1.29, 1.82) is 5.26 Å². The van der Waals surface area contributed by atoms with Gasteiger partial charge in [0.05, 0.1) is 35.9 Å². The highest BCUT2D eigenvalue weighted by Crippen LogP contribution is 2.42. The molecule has 3 aromatic heterocycles. The zero-order chi connectivity index (χ0) is 30.0. The molecule has 1 N–H and O–H groups in total. The number of pyridine rings is 1. The molecule has 15 heteroatoms. The third kappa shape index (κ3) is 5.71. The largest absolute Gasteiger partial charge is 0.493 e. The van der Waals surface area contributed by atoms with E-state index < -0.39 is 27.4 Å². The van der Waals surface area contributed by atoms with Crippen molar-refractivity contribution in [3.05, 3.63) is 70.9 Å². The van der Waals surface area contributed by atoms with E-state index in [2.05, 4.69) is 35.9 Å². The Hall–Kier alpha value is -4.32. The highest BCUT2D eigenvalue weighted by Gasteiger charge is 2.38. The number of ether oxygens (including phenoxy) is 3. The van der Waals surface area contributed by atoms with Crippen LogP contribution >= 0.6 is 11.6 Å². The number of nitrogens with zero attached hydrogens (tertiary/aromatic N) is 7. The van der Waals surface area contributed by atoms with Gasteiger partial charge in [-0.3, -0.25) is 9.29 Å². The van der Waals surface area contributed by atoms with Crippen LogP contribution < -0.4 is 14.2 Å². The maximum Gasteiger partial charge on any atom is 0.240 e. The highest BCUT2D eigenvalue weighted by atomic mass is 35.5. The monoisotopic (exact) mass is 610 g/mol. The third-order valence-corrected chi connectivity index (χ3v) is 8.44. The van der Waals surface area contributed by atoms with Gasteiger partial charge in [0.15, 0.2) is 28.8 Å². The number of hydrogen-bond donors (Lipinski definition) is 1. The van der Waals surface area contributed by atoms with E-state index in [0.717, 1.165) is 0 Å². The van der Waals surface area contributed by atoms with Crippen molar-refractivity contribution in [2.24, 2.45) is 0 Å². The second kappa shape index (κ2) is 11.9. The fraction of sp³-hybridized carbons (Fsp3) is 0.333.